The van der Waals surface area contributed by atoms with Crippen LogP contribution in [0.2, 0.25) is 0 Å². The van der Waals surface area contributed by atoms with Gasteiger partial charge < -0.3 is 19.4 Å². The maximum atomic E-state index is 12.6. The summed E-state index contributed by atoms with van der Waals surface area (Å²) in [5.41, 5.74) is 4.38. The SMILES string of the molecule is COc1ccc(CCC(=O)N2CCN(c3ccc4c(c3)CC(=O)N4C)CC2)cc1. The van der Waals surface area contributed by atoms with Crippen LogP contribution >= 0.6 is 0 Å². The van der Waals surface area contributed by atoms with Crippen LogP contribution in [0.4, 0.5) is 11.4 Å². The van der Waals surface area contributed by atoms with Crippen molar-refractivity contribution in [1.29, 1.82) is 0 Å². The summed E-state index contributed by atoms with van der Waals surface area (Å²) in [7, 11) is 3.48. The number of aryl methyl sites for hydroxylation is 1. The molecule has 2 aromatic carbocycles. The molecule has 6 heteroatoms. The van der Waals surface area contributed by atoms with Crippen LogP contribution in [0.25, 0.3) is 0 Å². The minimum atomic E-state index is 0.143. The number of hydrogen-bond acceptors (Lipinski definition) is 4. The summed E-state index contributed by atoms with van der Waals surface area (Å²) in [6.45, 7) is 3.10. The van der Waals surface area contributed by atoms with Crippen LogP contribution < -0.4 is 14.5 Å². The van der Waals surface area contributed by atoms with Crippen molar-refractivity contribution in [2.24, 2.45) is 0 Å². The zero-order valence-electron chi connectivity index (χ0n) is 17.1. The Morgan fingerprint density at radius 1 is 1.03 bits per heavy atom. The van der Waals surface area contributed by atoms with Crippen LogP contribution in [0.15, 0.2) is 42.5 Å². The van der Waals surface area contributed by atoms with E-state index in [1.165, 1.54) is 0 Å². The number of carbonyl (C=O) groups is 2. The first kappa shape index (κ1) is 19.3. The molecule has 152 valence electrons. The summed E-state index contributed by atoms with van der Waals surface area (Å²) in [5.74, 6) is 1.19. The summed E-state index contributed by atoms with van der Waals surface area (Å²) in [6, 6.07) is 14.1. The molecule has 4 rings (SSSR count). The maximum absolute atomic E-state index is 12.6. The fraction of sp³-hybridized carbons (Fsp3) is 0.391. The van der Waals surface area contributed by atoms with Crippen molar-refractivity contribution in [3.8, 4) is 5.75 Å². The first-order chi connectivity index (χ1) is 14.0. The van der Waals surface area contributed by atoms with Crippen LogP contribution in [0, 0.1) is 0 Å². The van der Waals surface area contributed by atoms with Crippen LogP contribution in [0.5, 0.6) is 5.75 Å². The second kappa shape index (κ2) is 8.15. The molecule has 0 N–H and O–H groups in total. The smallest absolute Gasteiger partial charge is 0.231 e. The normalized spacial score (nSPS) is 16.2. The lowest BCUT2D eigenvalue weighted by Crippen LogP contribution is -2.48. The van der Waals surface area contributed by atoms with E-state index in [9.17, 15) is 9.59 Å². The van der Waals surface area contributed by atoms with Crippen molar-refractivity contribution in [3.63, 3.8) is 0 Å². The average molecular weight is 393 g/mol. The Kier molecular flexibility index (Phi) is 5.43. The van der Waals surface area contributed by atoms with Crippen LogP contribution in [0.3, 0.4) is 0 Å². The molecule has 1 fully saturated rings. The summed E-state index contributed by atoms with van der Waals surface area (Å²) in [5, 5.41) is 0. The summed E-state index contributed by atoms with van der Waals surface area (Å²) in [4.78, 5) is 30.5. The molecule has 0 spiro atoms. The van der Waals surface area contributed by atoms with E-state index in [2.05, 4.69) is 17.0 Å². The Hall–Kier alpha value is -3.02. The van der Waals surface area contributed by atoms with Crippen molar-refractivity contribution < 1.29 is 14.3 Å². The van der Waals surface area contributed by atoms with Crippen molar-refractivity contribution >= 4 is 23.2 Å². The highest BCUT2D eigenvalue weighted by Gasteiger charge is 2.26. The third kappa shape index (κ3) is 4.06. The number of nitrogens with zero attached hydrogens (tertiary/aromatic N) is 3. The molecule has 0 aliphatic carbocycles. The van der Waals surface area contributed by atoms with Gasteiger partial charge in [-0.2, -0.15) is 0 Å². The van der Waals surface area contributed by atoms with Gasteiger partial charge in [0.1, 0.15) is 5.75 Å². The number of piperazine rings is 1. The van der Waals surface area contributed by atoms with Gasteiger partial charge in [-0.3, -0.25) is 9.59 Å². The zero-order chi connectivity index (χ0) is 20.4. The van der Waals surface area contributed by atoms with E-state index < -0.39 is 0 Å². The second-order valence-electron chi connectivity index (χ2n) is 7.66. The van der Waals surface area contributed by atoms with Gasteiger partial charge in [-0.1, -0.05) is 12.1 Å². The molecule has 2 aliphatic rings. The lowest BCUT2D eigenvalue weighted by atomic mass is 10.1. The molecule has 2 aromatic rings. The third-order valence-corrected chi connectivity index (χ3v) is 5.92. The van der Waals surface area contributed by atoms with E-state index in [4.69, 9.17) is 4.74 Å². The molecule has 0 unspecified atom stereocenters. The van der Waals surface area contributed by atoms with E-state index >= 15 is 0 Å². The van der Waals surface area contributed by atoms with Gasteiger partial charge in [-0.15, -0.1) is 0 Å². The lowest BCUT2D eigenvalue weighted by Gasteiger charge is -2.36. The van der Waals surface area contributed by atoms with E-state index in [1.807, 2.05) is 42.3 Å². The Balaban J connectivity index is 1.29. The number of carbonyl (C=O) groups excluding carboxylic acids is 2. The van der Waals surface area contributed by atoms with Gasteiger partial charge >= 0.3 is 0 Å². The standard InChI is InChI=1S/C23H27N3O3/c1-24-21-9-6-19(15-18(21)16-23(24)28)25-11-13-26(14-12-25)22(27)10-5-17-3-7-20(29-2)8-4-17/h3-4,6-9,15H,5,10-14,16H2,1-2H3. The largest absolute Gasteiger partial charge is 0.497 e. The second-order valence-corrected chi connectivity index (χ2v) is 7.66. The number of methoxy groups -OCH3 is 1. The number of rotatable bonds is 5. The number of hydrogen-bond donors (Lipinski definition) is 0. The molecule has 6 nitrogen and oxygen atoms in total. The number of amides is 2. The minimum Gasteiger partial charge on any atom is -0.497 e. The molecular formula is C23H27N3O3. The Morgan fingerprint density at radius 2 is 1.76 bits per heavy atom. The van der Waals surface area contributed by atoms with Crippen molar-refractivity contribution in [2.75, 3.05) is 50.1 Å². The monoisotopic (exact) mass is 393 g/mol. The molecule has 0 bridgehead atoms. The van der Waals surface area contributed by atoms with Crippen LogP contribution in [0.1, 0.15) is 17.5 Å². The fourth-order valence-electron chi connectivity index (χ4n) is 4.07. The zero-order valence-corrected chi connectivity index (χ0v) is 17.1. The lowest BCUT2D eigenvalue weighted by molar-refractivity contribution is -0.131. The topological polar surface area (TPSA) is 53.1 Å². The Bertz CT molecular complexity index is 902. The first-order valence-corrected chi connectivity index (χ1v) is 10.1. The van der Waals surface area contributed by atoms with Gasteiger partial charge in [0.25, 0.3) is 0 Å². The molecule has 0 saturated carbocycles. The summed E-state index contributed by atoms with van der Waals surface area (Å²) < 4.78 is 5.17. The fourth-order valence-corrected chi connectivity index (χ4v) is 4.07. The molecule has 1 saturated heterocycles. The van der Waals surface area contributed by atoms with E-state index in [0.717, 1.165) is 60.9 Å². The van der Waals surface area contributed by atoms with E-state index in [1.54, 1.807) is 12.0 Å². The predicted octanol–water partition coefficient (Wildman–Crippen LogP) is 2.50. The highest BCUT2D eigenvalue weighted by molar-refractivity contribution is 6.01. The number of benzene rings is 2. The summed E-state index contributed by atoms with van der Waals surface area (Å²) in [6.07, 6.45) is 1.75. The quantitative estimate of drug-likeness (QED) is 0.783. The van der Waals surface area contributed by atoms with Crippen molar-refractivity contribution in [3.05, 3.63) is 53.6 Å². The predicted molar refractivity (Wildman–Crippen MR) is 114 cm³/mol. The third-order valence-electron chi connectivity index (χ3n) is 5.92. The molecule has 29 heavy (non-hydrogen) atoms. The van der Waals surface area contributed by atoms with Crippen molar-refractivity contribution in [2.45, 2.75) is 19.3 Å². The van der Waals surface area contributed by atoms with Crippen LogP contribution in [-0.4, -0.2) is 57.1 Å². The molecule has 2 aliphatic heterocycles. The van der Waals surface area contributed by atoms with Crippen molar-refractivity contribution in [1.82, 2.24) is 4.90 Å². The average Bonchev–Trinajstić information content (AvgIpc) is 3.05. The minimum absolute atomic E-state index is 0.143. The number of anilines is 2. The van der Waals surface area contributed by atoms with Crippen LogP contribution in [-0.2, 0) is 22.4 Å². The molecule has 2 amide bonds. The Morgan fingerprint density at radius 3 is 2.45 bits per heavy atom. The van der Waals surface area contributed by atoms with E-state index in [-0.39, 0.29) is 11.8 Å². The number of fused-ring (bicyclic) bond motifs is 1. The number of likely N-dealkylation sites (N-methyl/N-ethyl adjacent to an activating group) is 1. The van der Waals surface area contributed by atoms with E-state index in [0.29, 0.717) is 12.8 Å². The summed E-state index contributed by atoms with van der Waals surface area (Å²) >= 11 is 0. The van der Waals surface area contributed by atoms with Gasteiger partial charge in [0.15, 0.2) is 0 Å². The number of ether oxygens (including phenoxy) is 1. The molecule has 0 radical (unpaired) electrons. The first-order valence-electron chi connectivity index (χ1n) is 10.1. The van der Waals surface area contributed by atoms with Gasteiger partial charge in [0.2, 0.25) is 11.8 Å². The molecule has 2 heterocycles. The molecular weight excluding hydrogens is 366 g/mol. The Labute approximate surface area is 171 Å². The maximum Gasteiger partial charge on any atom is 0.231 e. The highest BCUT2D eigenvalue weighted by Crippen LogP contribution is 2.31. The van der Waals surface area contributed by atoms with Gasteiger partial charge in [-0.05, 0) is 47.9 Å². The van der Waals surface area contributed by atoms with Gasteiger partial charge in [0.05, 0.1) is 13.5 Å². The molecule has 0 atom stereocenters. The highest BCUT2D eigenvalue weighted by atomic mass is 16.5. The van der Waals surface area contributed by atoms with Gasteiger partial charge in [-0.25, -0.2) is 0 Å². The van der Waals surface area contributed by atoms with Gasteiger partial charge in [0, 0.05) is 51.0 Å². The molecule has 0 aromatic heterocycles.